The van der Waals surface area contributed by atoms with Crippen molar-refractivity contribution in [2.75, 3.05) is 5.32 Å². The Morgan fingerprint density at radius 1 is 1.48 bits per heavy atom. The van der Waals surface area contributed by atoms with E-state index >= 15 is 0 Å². The van der Waals surface area contributed by atoms with Crippen molar-refractivity contribution in [3.05, 3.63) is 49.6 Å². The Morgan fingerprint density at radius 3 is 2.79 bits per heavy atom. The number of nitrogens with zero attached hydrogens (tertiary/aromatic N) is 3. The summed E-state index contributed by atoms with van der Waals surface area (Å²) in [6.45, 7) is 1.16. The first kappa shape index (κ1) is 20.8. The van der Waals surface area contributed by atoms with Crippen LogP contribution in [0.5, 0.6) is 0 Å². The second-order valence-electron chi connectivity index (χ2n) is 6.04. The van der Waals surface area contributed by atoms with Gasteiger partial charge in [0.1, 0.15) is 18.8 Å². The zero-order chi connectivity index (χ0) is 21.3. The second-order valence-corrected chi connectivity index (χ2v) is 7.19. The third-order valence-corrected chi connectivity index (χ3v) is 5.06. The van der Waals surface area contributed by atoms with E-state index in [1.54, 1.807) is 0 Å². The zero-order valence-electron chi connectivity index (χ0n) is 14.7. The molecule has 156 valence electrons. The average Bonchev–Trinajstić information content (AvgIpc) is 3.24. The highest BCUT2D eigenvalue weighted by atomic mass is 32.1. The highest BCUT2D eigenvalue weighted by Crippen LogP contribution is 2.28. The molecule has 14 heteroatoms. The molecular formula is C15H15FN4O8S. The monoisotopic (exact) mass is 430 g/mol. The van der Waals surface area contributed by atoms with Crippen LogP contribution in [-0.2, 0) is 16.1 Å². The standard InChI is InChI=1S/C15H15FN4O8S/c1-6-10(21)11(22)13(28-6)19-4-8(16)12(17-14(19)23)18-15(24)27-5-7-2-3-9(29-7)20(25)26/h2-4,6,10-11,13,21-22H,5H2,1H3,(H,17,18,23,24)/t6-,10?,11?,13-/m1/s1. The Bertz CT molecular complexity index is 995. The van der Waals surface area contributed by atoms with Gasteiger partial charge in [-0.3, -0.25) is 20.0 Å². The van der Waals surface area contributed by atoms with Gasteiger partial charge in [-0.05, 0) is 13.0 Å². The van der Waals surface area contributed by atoms with Crippen LogP contribution in [0.2, 0.25) is 0 Å². The summed E-state index contributed by atoms with van der Waals surface area (Å²) in [5, 5.41) is 32.1. The first-order valence-electron chi connectivity index (χ1n) is 8.14. The Kier molecular flexibility index (Phi) is 5.88. The van der Waals surface area contributed by atoms with Gasteiger partial charge in [-0.15, -0.1) is 0 Å². The summed E-state index contributed by atoms with van der Waals surface area (Å²) in [4.78, 5) is 37.7. The van der Waals surface area contributed by atoms with Crippen molar-refractivity contribution >= 4 is 28.2 Å². The van der Waals surface area contributed by atoms with E-state index in [2.05, 4.69) is 4.98 Å². The first-order valence-corrected chi connectivity index (χ1v) is 8.96. The molecule has 2 aromatic heterocycles. The molecule has 0 spiro atoms. The number of anilines is 1. The largest absolute Gasteiger partial charge is 0.444 e. The van der Waals surface area contributed by atoms with E-state index in [1.165, 1.54) is 19.1 Å². The van der Waals surface area contributed by atoms with E-state index in [4.69, 9.17) is 9.47 Å². The number of thiophene rings is 1. The number of carbonyl (C=O) groups excluding carboxylic acids is 1. The smallest absolute Gasteiger partial charge is 0.413 e. The van der Waals surface area contributed by atoms with Crippen molar-refractivity contribution < 1.29 is 33.8 Å². The predicted molar refractivity (Wildman–Crippen MR) is 94.8 cm³/mol. The zero-order valence-corrected chi connectivity index (χ0v) is 15.5. The molecule has 1 amide bonds. The summed E-state index contributed by atoms with van der Waals surface area (Å²) in [6.07, 6.45) is -5.33. The number of hydrogen-bond donors (Lipinski definition) is 3. The number of carbonyl (C=O) groups is 1. The van der Waals surface area contributed by atoms with Crippen molar-refractivity contribution in [3.63, 3.8) is 0 Å². The van der Waals surface area contributed by atoms with Gasteiger partial charge in [0.25, 0.3) is 0 Å². The molecule has 1 aliphatic rings. The summed E-state index contributed by atoms with van der Waals surface area (Å²) in [5.74, 6) is -1.83. The van der Waals surface area contributed by atoms with Gasteiger partial charge in [-0.1, -0.05) is 11.3 Å². The van der Waals surface area contributed by atoms with E-state index in [0.717, 1.165) is 11.3 Å². The van der Waals surface area contributed by atoms with Crippen molar-refractivity contribution in [2.24, 2.45) is 0 Å². The fourth-order valence-corrected chi connectivity index (χ4v) is 3.32. The predicted octanol–water partition coefficient (Wildman–Crippen LogP) is 0.740. The molecule has 29 heavy (non-hydrogen) atoms. The number of nitrogens with one attached hydrogen (secondary N) is 1. The van der Waals surface area contributed by atoms with Gasteiger partial charge in [0.2, 0.25) is 0 Å². The van der Waals surface area contributed by atoms with Crippen LogP contribution in [0.25, 0.3) is 0 Å². The van der Waals surface area contributed by atoms with E-state index < -0.39 is 52.9 Å². The lowest BCUT2D eigenvalue weighted by Crippen LogP contribution is -2.36. The van der Waals surface area contributed by atoms with Crippen LogP contribution in [0, 0.1) is 15.9 Å². The third-order valence-electron chi connectivity index (χ3n) is 4.05. The highest BCUT2D eigenvalue weighted by molar-refractivity contribution is 7.15. The minimum Gasteiger partial charge on any atom is -0.444 e. The molecule has 4 atom stereocenters. The first-order chi connectivity index (χ1) is 13.7. The van der Waals surface area contributed by atoms with E-state index in [1.807, 2.05) is 5.32 Å². The average molecular weight is 430 g/mol. The molecule has 0 bridgehead atoms. The van der Waals surface area contributed by atoms with Crippen LogP contribution in [-0.4, -0.2) is 49.1 Å². The topological polar surface area (TPSA) is 166 Å². The normalized spacial score (nSPS) is 23.7. The summed E-state index contributed by atoms with van der Waals surface area (Å²) in [7, 11) is 0. The summed E-state index contributed by atoms with van der Waals surface area (Å²) >= 11 is 0.806. The maximum atomic E-state index is 14.3. The number of aromatic nitrogens is 2. The summed E-state index contributed by atoms with van der Waals surface area (Å²) < 4.78 is 25.0. The molecule has 0 radical (unpaired) electrons. The Labute approximate surface area is 165 Å². The van der Waals surface area contributed by atoms with Gasteiger partial charge in [0.15, 0.2) is 17.9 Å². The van der Waals surface area contributed by atoms with E-state index in [-0.39, 0.29) is 11.6 Å². The number of hydrogen-bond acceptors (Lipinski definition) is 10. The van der Waals surface area contributed by atoms with Gasteiger partial charge in [0, 0.05) is 10.9 Å². The van der Waals surface area contributed by atoms with Crippen LogP contribution in [0.15, 0.2) is 23.1 Å². The van der Waals surface area contributed by atoms with Crippen molar-refractivity contribution in [3.8, 4) is 0 Å². The Hall–Kier alpha value is -2.94. The van der Waals surface area contributed by atoms with Crippen LogP contribution in [0.4, 0.5) is 20.0 Å². The lowest BCUT2D eigenvalue weighted by atomic mass is 10.1. The quantitative estimate of drug-likeness (QED) is 0.458. The van der Waals surface area contributed by atoms with E-state index in [0.29, 0.717) is 15.6 Å². The lowest BCUT2D eigenvalue weighted by molar-refractivity contribution is -0.380. The molecule has 3 N–H and O–H groups in total. The number of amides is 1. The SMILES string of the molecule is C[C@H]1O[C@@H](n2cc(F)c(NC(=O)OCc3ccc([N+](=O)[O-])s3)nc2=O)C(O)C1O. The molecule has 1 aliphatic heterocycles. The maximum absolute atomic E-state index is 14.3. The number of aliphatic hydroxyl groups excluding tert-OH is 2. The molecule has 12 nitrogen and oxygen atoms in total. The Balaban J connectivity index is 1.66. The lowest BCUT2D eigenvalue weighted by Gasteiger charge is -2.17. The molecule has 0 aliphatic carbocycles. The highest BCUT2D eigenvalue weighted by Gasteiger charge is 2.42. The van der Waals surface area contributed by atoms with E-state index in [9.17, 15) is 34.3 Å². The number of ether oxygens (including phenoxy) is 2. The second kappa shape index (κ2) is 8.20. The fourth-order valence-electron chi connectivity index (χ4n) is 2.58. The summed E-state index contributed by atoms with van der Waals surface area (Å²) in [5.41, 5.74) is -1.04. The molecule has 0 aromatic carbocycles. The van der Waals surface area contributed by atoms with Crippen LogP contribution in [0.1, 0.15) is 18.0 Å². The minimum atomic E-state index is -1.47. The number of rotatable bonds is 5. The van der Waals surface area contributed by atoms with Gasteiger partial charge in [-0.2, -0.15) is 4.98 Å². The molecular weight excluding hydrogens is 415 g/mol. The van der Waals surface area contributed by atoms with Gasteiger partial charge < -0.3 is 19.7 Å². The molecule has 1 fully saturated rings. The van der Waals surface area contributed by atoms with Crippen LogP contribution < -0.4 is 11.0 Å². The van der Waals surface area contributed by atoms with Crippen molar-refractivity contribution in [1.82, 2.24) is 9.55 Å². The van der Waals surface area contributed by atoms with Gasteiger partial charge >= 0.3 is 16.8 Å². The fraction of sp³-hybridized carbons (Fsp3) is 0.400. The molecule has 2 unspecified atom stereocenters. The molecule has 1 saturated heterocycles. The van der Waals surface area contributed by atoms with Crippen LogP contribution in [0.3, 0.4) is 0 Å². The molecule has 3 heterocycles. The van der Waals surface area contributed by atoms with Crippen LogP contribution >= 0.6 is 11.3 Å². The summed E-state index contributed by atoms with van der Waals surface area (Å²) in [6, 6.07) is 2.65. The molecule has 2 aromatic rings. The van der Waals surface area contributed by atoms with Gasteiger partial charge in [0.05, 0.1) is 17.2 Å². The van der Waals surface area contributed by atoms with Crippen molar-refractivity contribution in [1.29, 1.82) is 0 Å². The third kappa shape index (κ3) is 4.40. The van der Waals surface area contributed by atoms with Crippen molar-refractivity contribution in [2.45, 2.75) is 38.1 Å². The number of halogens is 1. The number of aliphatic hydroxyl groups is 2. The minimum absolute atomic E-state index is 0.129. The molecule has 0 saturated carbocycles. The Morgan fingerprint density at radius 2 is 2.21 bits per heavy atom. The maximum Gasteiger partial charge on any atom is 0.413 e. The number of nitro groups is 1. The van der Waals surface area contributed by atoms with Gasteiger partial charge in [-0.25, -0.2) is 14.0 Å². The molecule has 3 rings (SSSR count).